The van der Waals surface area contributed by atoms with Crippen LogP contribution in [0, 0.1) is 6.92 Å². The van der Waals surface area contributed by atoms with Gasteiger partial charge in [0.1, 0.15) is 5.82 Å². The first-order valence-corrected chi connectivity index (χ1v) is 7.96. The number of hydrogen-bond donors (Lipinski definition) is 2. The third-order valence-corrected chi connectivity index (χ3v) is 3.76. The third-order valence-electron chi connectivity index (χ3n) is 3.76. The van der Waals surface area contributed by atoms with E-state index < -0.39 is 0 Å². The van der Waals surface area contributed by atoms with Gasteiger partial charge in [0.2, 0.25) is 0 Å². The van der Waals surface area contributed by atoms with Crippen LogP contribution in [0.2, 0.25) is 0 Å². The minimum Gasteiger partial charge on any atom is -0.370 e. The average molecular weight is 417 g/mol. The first kappa shape index (κ1) is 19.0. The van der Waals surface area contributed by atoms with Crippen LogP contribution in [0.3, 0.4) is 0 Å². The quantitative estimate of drug-likeness (QED) is 0.323. The van der Waals surface area contributed by atoms with Crippen molar-refractivity contribution in [3.8, 4) is 0 Å². The van der Waals surface area contributed by atoms with Crippen molar-refractivity contribution in [1.29, 1.82) is 0 Å². The van der Waals surface area contributed by atoms with Crippen LogP contribution in [0.4, 0.5) is 5.82 Å². The highest BCUT2D eigenvalue weighted by molar-refractivity contribution is 14.0. The van der Waals surface area contributed by atoms with Crippen LogP contribution in [-0.2, 0) is 6.54 Å². The number of aryl methyl sites for hydroxylation is 1. The monoisotopic (exact) mass is 417 g/mol. The second kappa shape index (κ2) is 9.86. The summed E-state index contributed by atoms with van der Waals surface area (Å²) in [4.78, 5) is 11.5. The summed E-state index contributed by atoms with van der Waals surface area (Å²) in [5.41, 5.74) is 8.11. The molecule has 3 N–H and O–H groups in total. The van der Waals surface area contributed by atoms with E-state index in [9.17, 15) is 0 Å². The summed E-state index contributed by atoms with van der Waals surface area (Å²) in [6, 6.07) is 4.17. The molecule has 124 valence electrons. The topological polar surface area (TPSA) is 66.5 Å². The number of nitrogens with two attached hydrogens (primary N) is 1. The SMILES string of the molecule is CCCCNC(N)=NCc1ccc(C)nc1N1CCCC1.I. The van der Waals surface area contributed by atoms with Crippen LogP contribution in [-0.4, -0.2) is 30.6 Å². The van der Waals surface area contributed by atoms with Gasteiger partial charge in [-0.3, -0.25) is 0 Å². The van der Waals surface area contributed by atoms with Gasteiger partial charge in [-0.05, 0) is 32.3 Å². The van der Waals surface area contributed by atoms with E-state index >= 15 is 0 Å². The summed E-state index contributed by atoms with van der Waals surface area (Å²) >= 11 is 0. The van der Waals surface area contributed by atoms with Gasteiger partial charge in [-0.1, -0.05) is 19.4 Å². The standard InChI is InChI=1S/C16H27N5.HI/c1-3-4-9-18-16(17)19-12-14-8-7-13(2)20-15(14)21-10-5-6-11-21;/h7-8H,3-6,9-12H2,1-2H3,(H3,17,18,19);1H. The molecule has 1 aliphatic rings. The van der Waals surface area contributed by atoms with Gasteiger partial charge in [0, 0.05) is 30.9 Å². The van der Waals surface area contributed by atoms with Crippen LogP contribution < -0.4 is 16.0 Å². The van der Waals surface area contributed by atoms with Gasteiger partial charge in [0.25, 0.3) is 0 Å². The Morgan fingerprint density at radius 3 is 2.77 bits per heavy atom. The van der Waals surface area contributed by atoms with Gasteiger partial charge in [0.15, 0.2) is 5.96 Å². The molecule has 0 bridgehead atoms. The number of guanidine groups is 1. The van der Waals surface area contributed by atoms with Crippen LogP contribution >= 0.6 is 24.0 Å². The molecular weight excluding hydrogens is 389 g/mol. The second-order valence-electron chi connectivity index (χ2n) is 5.61. The molecule has 0 spiro atoms. The summed E-state index contributed by atoms with van der Waals surface area (Å²) in [5, 5.41) is 3.15. The lowest BCUT2D eigenvalue weighted by Crippen LogP contribution is -2.32. The number of unbranched alkanes of at least 4 members (excludes halogenated alkanes) is 1. The summed E-state index contributed by atoms with van der Waals surface area (Å²) < 4.78 is 0. The summed E-state index contributed by atoms with van der Waals surface area (Å²) in [5.74, 6) is 1.61. The Morgan fingerprint density at radius 1 is 1.36 bits per heavy atom. The third kappa shape index (κ3) is 5.62. The summed E-state index contributed by atoms with van der Waals surface area (Å²) in [7, 11) is 0. The normalized spacial score (nSPS) is 14.8. The van der Waals surface area contributed by atoms with Gasteiger partial charge in [-0.15, -0.1) is 24.0 Å². The van der Waals surface area contributed by atoms with Crippen molar-refractivity contribution in [3.05, 3.63) is 23.4 Å². The number of anilines is 1. The zero-order chi connectivity index (χ0) is 15.1. The minimum atomic E-state index is 0. The molecule has 1 fully saturated rings. The summed E-state index contributed by atoms with van der Waals surface area (Å²) in [6.07, 6.45) is 4.76. The van der Waals surface area contributed by atoms with Crippen molar-refractivity contribution in [2.45, 2.75) is 46.1 Å². The van der Waals surface area contributed by atoms with E-state index in [1.165, 1.54) is 12.8 Å². The predicted octanol–water partition coefficient (Wildman–Crippen LogP) is 2.81. The molecule has 0 aliphatic carbocycles. The molecule has 22 heavy (non-hydrogen) atoms. The number of rotatable bonds is 6. The first-order valence-electron chi connectivity index (χ1n) is 7.96. The Labute approximate surface area is 150 Å². The van der Waals surface area contributed by atoms with E-state index in [4.69, 9.17) is 10.7 Å². The molecule has 0 atom stereocenters. The number of pyridine rings is 1. The van der Waals surface area contributed by atoms with E-state index in [-0.39, 0.29) is 24.0 Å². The highest BCUT2D eigenvalue weighted by atomic mass is 127. The van der Waals surface area contributed by atoms with E-state index in [0.29, 0.717) is 12.5 Å². The van der Waals surface area contributed by atoms with Crippen molar-refractivity contribution < 1.29 is 0 Å². The minimum absolute atomic E-state index is 0. The Kier molecular flexibility index (Phi) is 8.52. The van der Waals surface area contributed by atoms with E-state index in [0.717, 1.165) is 49.6 Å². The van der Waals surface area contributed by atoms with Crippen molar-refractivity contribution in [3.63, 3.8) is 0 Å². The van der Waals surface area contributed by atoms with Crippen molar-refractivity contribution in [1.82, 2.24) is 10.3 Å². The number of nitrogens with zero attached hydrogens (tertiary/aromatic N) is 3. The molecule has 6 heteroatoms. The van der Waals surface area contributed by atoms with Crippen LogP contribution in [0.1, 0.15) is 43.9 Å². The highest BCUT2D eigenvalue weighted by Gasteiger charge is 2.17. The Hall–Kier alpha value is -1.05. The lowest BCUT2D eigenvalue weighted by Gasteiger charge is -2.20. The van der Waals surface area contributed by atoms with Gasteiger partial charge in [0.05, 0.1) is 6.54 Å². The molecule has 2 heterocycles. The predicted molar refractivity (Wildman–Crippen MR) is 104 cm³/mol. The fourth-order valence-corrected chi connectivity index (χ4v) is 2.52. The van der Waals surface area contributed by atoms with Crippen molar-refractivity contribution >= 4 is 35.8 Å². The fraction of sp³-hybridized carbons (Fsp3) is 0.625. The van der Waals surface area contributed by atoms with Gasteiger partial charge in [-0.25, -0.2) is 9.98 Å². The Morgan fingerprint density at radius 2 is 2.09 bits per heavy atom. The molecule has 0 saturated carbocycles. The number of halogens is 1. The molecule has 1 aromatic heterocycles. The van der Waals surface area contributed by atoms with E-state index in [1.54, 1.807) is 0 Å². The van der Waals surface area contributed by atoms with Crippen molar-refractivity contribution in [2.75, 3.05) is 24.5 Å². The molecule has 0 unspecified atom stereocenters. The molecule has 0 aromatic carbocycles. The average Bonchev–Trinajstić information content (AvgIpc) is 3.00. The molecule has 1 saturated heterocycles. The maximum Gasteiger partial charge on any atom is 0.188 e. The molecule has 0 amide bonds. The van der Waals surface area contributed by atoms with Crippen LogP contribution in [0.5, 0.6) is 0 Å². The smallest absolute Gasteiger partial charge is 0.188 e. The molecular formula is C16H28IN5. The van der Waals surface area contributed by atoms with Gasteiger partial charge >= 0.3 is 0 Å². The molecule has 5 nitrogen and oxygen atoms in total. The second-order valence-corrected chi connectivity index (χ2v) is 5.61. The largest absolute Gasteiger partial charge is 0.370 e. The lowest BCUT2D eigenvalue weighted by atomic mass is 10.2. The Balaban J connectivity index is 0.00000242. The van der Waals surface area contributed by atoms with E-state index in [1.807, 2.05) is 13.0 Å². The molecule has 1 aliphatic heterocycles. The zero-order valence-corrected chi connectivity index (χ0v) is 16.0. The number of aliphatic imine (C=N–C) groups is 1. The van der Waals surface area contributed by atoms with E-state index in [2.05, 4.69) is 28.2 Å². The van der Waals surface area contributed by atoms with Crippen LogP contribution in [0.25, 0.3) is 0 Å². The number of aromatic nitrogens is 1. The summed E-state index contributed by atoms with van der Waals surface area (Å²) in [6.45, 7) is 7.86. The lowest BCUT2D eigenvalue weighted by molar-refractivity contribution is 0.748. The number of nitrogens with one attached hydrogen (secondary N) is 1. The fourth-order valence-electron chi connectivity index (χ4n) is 2.52. The maximum atomic E-state index is 5.90. The van der Waals surface area contributed by atoms with Crippen molar-refractivity contribution in [2.24, 2.45) is 10.7 Å². The Bertz CT molecular complexity index is 483. The number of hydrogen-bond acceptors (Lipinski definition) is 3. The first-order chi connectivity index (χ1) is 10.2. The molecule has 2 rings (SSSR count). The van der Waals surface area contributed by atoms with Crippen LogP contribution in [0.15, 0.2) is 17.1 Å². The van der Waals surface area contributed by atoms with Gasteiger partial charge < -0.3 is 16.0 Å². The molecule has 1 aromatic rings. The highest BCUT2D eigenvalue weighted by Crippen LogP contribution is 2.23. The zero-order valence-electron chi connectivity index (χ0n) is 13.6. The molecule has 0 radical (unpaired) electrons. The maximum absolute atomic E-state index is 5.90. The van der Waals surface area contributed by atoms with Gasteiger partial charge in [-0.2, -0.15) is 0 Å².